The van der Waals surface area contributed by atoms with E-state index in [4.69, 9.17) is 4.43 Å². The second-order valence-corrected chi connectivity index (χ2v) is 16.8. The molecule has 0 unspecified atom stereocenters. The zero-order chi connectivity index (χ0) is 28.9. The third-order valence-electron chi connectivity index (χ3n) is 8.62. The molecule has 0 aromatic carbocycles. The monoisotopic (exact) mass is 565 g/mol. The Morgan fingerprint density at radius 2 is 0.692 bits per heavy atom. The Hall–Kier alpha value is -0.573. The van der Waals surface area contributed by atoms with Crippen LogP contribution in [0.1, 0.15) is 195 Å². The Morgan fingerprint density at radius 1 is 0.462 bits per heavy atom. The molecule has 2 nitrogen and oxygen atoms in total. The number of carbonyl (C=O) groups is 1. The van der Waals surface area contributed by atoms with E-state index in [2.05, 4.69) is 27.4 Å². The summed E-state index contributed by atoms with van der Waals surface area (Å²) in [5, 5.41) is 0. The van der Waals surface area contributed by atoms with Crippen molar-refractivity contribution in [3.05, 3.63) is 12.2 Å². The van der Waals surface area contributed by atoms with Crippen molar-refractivity contribution in [1.82, 2.24) is 0 Å². The first kappa shape index (κ1) is 38.4. The summed E-state index contributed by atoms with van der Waals surface area (Å²) in [6.45, 7) is 12.6. The predicted octanol–water partition coefficient (Wildman–Crippen LogP) is 13.3. The van der Waals surface area contributed by atoms with Gasteiger partial charge in [-0.05, 0) is 25.1 Å². The number of hydrogen-bond acceptors (Lipinski definition) is 2. The van der Waals surface area contributed by atoms with E-state index in [0.29, 0.717) is 5.57 Å². The lowest BCUT2D eigenvalue weighted by Gasteiger charge is -2.32. The molecule has 0 rings (SSSR count). The lowest BCUT2D eigenvalue weighted by molar-refractivity contribution is -0.131. The van der Waals surface area contributed by atoms with Crippen molar-refractivity contribution < 1.29 is 9.22 Å². The zero-order valence-electron chi connectivity index (χ0n) is 27.5. The molecule has 3 heteroatoms. The van der Waals surface area contributed by atoms with Crippen LogP contribution >= 0.6 is 0 Å². The molecule has 0 amide bonds. The second-order valence-electron chi connectivity index (χ2n) is 12.7. The summed E-state index contributed by atoms with van der Waals surface area (Å²) in [7, 11) is -2.08. The first-order valence-electron chi connectivity index (χ1n) is 17.9. The van der Waals surface area contributed by atoms with Gasteiger partial charge in [0.1, 0.15) is 0 Å². The van der Waals surface area contributed by atoms with Crippen molar-refractivity contribution in [1.29, 1.82) is 0 Å². The van der Waals surface area contributed by atoms with Gasteiger partial charge in [-0.3, -0.25) is 0 Å². The summed E-state index contributed by atoms with van der Waals surface area (Å²) in [6.07, 6.45) is 35.2. The Morgan fingerprint density at radius 3 is 0.923 bits per heavy atom. The van der Waals surface area contributed by atoms with Crippen LogP contribution in [0.4, 0.5) is 0 Å². The van der Waals surface area contributed by atoms with Crippen LogP contribution in [0.5, 0.6) is 0 Å². The van der Waals surface area contributed by atoms with Crippen LogP contribution in [-0.4, -0.2) is 14.3 Å². The molecule has 232 valence electrons. The lowest BCUT2D eigenvalue weighted by Crippen LogP contribution is -2.40. The fourth-order valence-electron chi connectivity index (χ4n) is 5.91. The predicted molar refractivity (Wildman–Crippen MR) is 178 cm³/mol. The van der Waals surface area contributed by atoms with Gasteiger partial charge in [0.05, 0.1) is 0 Å². The van der Waals surface area contributed by atoms with Crippen molar-refractivity contribution in [3.63, 3.8) is 0 Å². The van der Waals surface area contributed by atoms with Crippen LogP contribution in [0.25, 0.3) is 0 Å². The third kappa shape index (κ3) is 24.9. The number of carbonyl (C=O) groups excluding carboxylic acids is 1. The molecule has 0 aromatic rings. The number of hydrogen-bond donors (Lipinski definition) is 0. The average Bonchev–Trinajstić information content (AvgIpc) is 2.92. The highest BCUT2D eigenvalue weighted by atomic mass is 28.4. The molecule has 0 radical (unpaired) electrons. The molecule has 0 aliphatic carbocycles. The molecule has 0 bridgehead atoms. The standard InChI is InChI=1S/C36H72O2Si/c1-6-9-12-15-18-20-22-24-27-30-33-39(38-36(37)35(4)5,32-29-26-17-14-11-8-3)34-31-28-25-23-21-19-16-13-10-7-2/h4,6-34H2,1-3,5H3. The van der Waals surface area contributed by atoms with Crippen molar-refractivity contribution in [2.45, 2.75) is 213 Å². The van der Waals surface area contributed by atoms with Crippen molar-refractivity contribution in [2.24, 2.45) is 0 Å². The van der Waals surface area contributed by atoms with Crippen LogP contribution in [0.2, 0.25) is 18.1 Å². The van der Waals surface area contributed by atoms with Gasteiger partial charge in [-0.15, -0.1) is 0 Å². The zero-order valence-corrected chi connectivity index (χ0v) is 28.5. The van der Waals surface area contributed by atoms with Gasteiger partial charge >= 0.3 is 5.97 Å². The van der Waals surface area contributed by atoms with Gasteiger partial charge in [0.2, 0.25) is 0 Å². The van der Waals surface area contributed by atoms with Crippen LogP contribution in [-0.2, 0) is 9.22 Å². The van der Waals surface area contributed by atoms with Gasteiger partial charge in [0.15, 0.2) is 0 Å². The Bertz CT molecular complexity index is 520. The fraction of sp³-hybridized carbons (Fsp3) is 0.917. The van der Waals surface area contributed by atoms with Crippen LogP contribution in [0.3, 0.4) is 0 Å². The minimum atomic E-state index is -2.08. The van der Waals surface area contributed by atoms with Crippen LogP contribution in [0, 0.1) is 0 Å². The Balaban J connectivity index is 4.73. The first-order valence-corrected chi connectivity index (χ1v) is 20.4. The molecule has 0 saturated carbocycles. The normalized spacial score (nSPS) is 11.7. The largest absolute Gasteiger partial charge is 0.516 e. The topological polar surface area (TPSA) is 26.3 Å². The maximum Gasteiger partial charge on any atom is 0.319 e. The molecule has 0 aliphatic heterocycles. The smallest absolute Gasteiger partial charge is 0.319 e. The van der Waals surface area contributed by atoms with Gasteiger partial charge in [-0.1, -0.05) is 194 Å². The van der Waals surface area contributed by atoms with Gasteiger partial charge in [0, 0.05) is 5.57 Å². The van der Waals surface area contributed by atoms with Gasteiger partial charge < -0.3 is 4.43 Å². The minimum absolute atomic E-state index is 0.105. The molecular weight excluding hydrogens is 492 g/mol. The lowest BCUT2D eigenvalue weighted by atomic mass is 10.1. The third-order valence-corrected chi connectivity index (χ3v) is 13.0. The summed E-state index contributed by atoms with van der Waals surface area (Å²) in [4.78, 5) is 12.8. The second kappa shape index (κ2) is 28.9. The molecule has 39 heavy (non-hydrogen) atoms. The number of unbranched alkanes of at least 4 members (excludes halogenated alkanes) is 23. The Kier molecular flexibility index (Phi) is 28.5. The van der Waals surface area contributed by atoms with Crippen molar-refractivity contribution in [3.8, 4) is 0 Å². The Labute approximate surface area is 248 Å². The quantitative estimate of drug-likeness (QED) is 0.0475. The fourth-order valence-corrected chi connectivity index (χ4v) is 10.2. The number of rotatable bonds is 31. The molecule has 0 saturated heterocycles. The molecule has 0 aromatic heterocycles. The maximum absolute atomic E-state index is 12.8. The van der Waals surface area contributed by atoms with E-state index in [9.17, 15) is 4.79 Å². The SMILES string of the molecule is C=C(C)C(=O)O[Si](CCCCCCCC)(CCCCCCCCCCCC)CCCCCCCCCCCC. The van der Waals surface area contributed by atoms with E-state index in [0.717, 1.165) is 0 Å². The molecular formula is C36H72O2Si. The maximum atomic E-state index is 12.8. The van der Waals surface area contributed by atoms with Crippen LogP contribution in [0.15, 0.2) is 12.2 Å². The average molecular weight is 565 g/mol. The molecule has 0 atom stereocenters. The summed E-state index contributed by atoms with van der Waals surface area (Å²) in [5.74, 6) is -0.105. The van der Waals surface area contributed by atoms with E-state index in [1.54, 1.807) is 0 Å². The van der Waals surface area contributed by atoms with Gasteiger partial charge in [-0.25, -0.2) is 4.79 Å². The van der Waals surface area contributed by atoms with Gasteiger partial charge in [0.25, 0.3) is 8.32 Å². The highest BCUT2D eigenvalue weighted by molar-refractivity contribution is 6.75. The minimum Gasteiger partial charge on any atom is -0.516 e. The first-order chi connectivity index (χ1) is 19.0. The summed E-state index contributed by atoms with van der Waals surface area (Å²) < 4.78 is 6.49. The van der Waals surface area contributed by atoms with Crippen molar-refractivity contribution >= 4 is 14.3 Å². The molecule has 0 fully saturated rings. The summed E-state index contributed by atoms with van der Waals surface area (Å²) >= 11 is 0. The van der Waals surface area contributed by atoms with Crippen LogP contribution < -0.4 is 0 Å². The van der Waals surface area contributed by atoms with E-state index < -0.39 is 8.32 Å². The summed E-state index contributed by atoms with van der Waals surface area (Å²) in [5.41, 5.74) is 0.584. The van der Waals surface area contributed by atoms with Gasteiger partial charge in [-0.2, -0.15) is 0 Å². The highest BCUT2D eigenvalue weighted by Gasteiger charge is 2.37. The van der Waals surface area contributed by atoms with E-state index in [1.165, 1.54) is 185 Å². The molecule has 0 aliphatic rings. The van der Waals surface area contributed by atoms with E-state index in [1.807, 2.05) is 6.92 Å². The van der Waals surface area contributed by atoms with E-state index >= 15 is 0 Å². The molecule has 0 N–H and O–H groups in total. The summed E-state index contributed by atoms with van der Waals surface area (Å²) in [6, 6.07) is 3.52. The highest BCUT2D eigenvalue weighted by Crippen LogP contribution is 2.32. The van der Waals surface area contributed by atoms with Crippen molar-refractivity contribution in [2.75, 3.05) is 0 Å². The molecule has 0 spiro atoms. The molecule has 0 heterocycles. The van der Waals surface area contributed by atoms with E-state index in [-0.39, 0.29) is 5.97 Å².